The lowest BCUT2D eigenvalue weighted by atomic mass is 10.0. The molecule has 0 saturated heterocycles. The highest BCUT2D eigenvalue weighted by Crippen LogP contribution is 2.29. The van der Waals surface area contributed by atoms with Gasteiger partial charge < -0.3 is 14.6 Å². The molecule has 1 aliphatic rings. The molecule has 0 spiro atoms. The number of hydrogen-bond donors (Lipinski definition) is 1. The van der Waals surface area contributed by atoms with Crippen molar-refractivity contribution >= 4 is 0 Å². The van der Waals surface area contributed by atoms with E-state index in [0.29, 0.717) is 0 Å². The smallest absolute Gasteiger partial charge is 0.119 e. The van der Waals surface area contributed by atoms with E-state index < -0.39 is 0 Å². The summed E-state index contributed by atoms with van der Waals surface area (Å²) in [5, 5.41) is 9.94. The van der Waals surface area contributed by atoms with Gasteiger partial charge in [-0.15, -0.1) is 0 Å². The van der Waals surface area contributed by atoms with Crippen LogP contribution in [0.25, 0.3) is 0 Å². The van der Waals surface area contributed by atoms with Crippen LogP contribution in [0.5, 0.6) is 5.75 Å². The van der Waals surface area contributed by atoms with Crippen LogP contribution in [0.2, 0.25) is 0 Å². The molecule has 3 heteroatoms. The molecule has 0 amide bonds. The van der Waals surface area contributed by atoms with Gasteiger partial charge in [0.05, 0.1) is 19.3 Å². The van der Waals surface area contributed by atoms with Crippen LogP contribution < -0.4 is 4.74 Å². The Morgan fingerprint density at radius 2 is 2.17 bits per heavy atom. The first kappa shape index (κ1) is 17.8. The average Bonchev–Trinajstić information content (AvgIpc) is 2.89. The number of methoxy groups -OCH3 is 2. The predicted octanol–water partition coefficient (Wildman–Crippen LogP) is 4.06. The Morgan fingerprint density at radius 1 is 1.35 bits per heavy atom. The van der Waals surface area contributed by atoms with E-state index in [-0.39, 0.29) is 12.2 Å². The van der Waals surface area contributed by atoms with Crippen molar-refractivity contribution in [2.75, 3.05) is 14.2 Å². The van der Waals surface area contributed by atoms with Crippen LogP contribution in [-0.4, -0.2) is 31.5 Å². The van der Waals surface area contributed by atoms with E-state index in [9.17, 15) is 5.11 Å². The molecule has 0 aliphatic heterocycles. The molecule has 0 fully saturated rings. The molecule has 1 aliphatic carbocycles. The SMILES string of the molecule is COc1cccc(CC(/C=C/CCC2=C(C)CCC2O)OC)c1. The van der Waals surface area contributed by atoms with Gasteiger partial charge in [0.1, 0.15) is 5.75 Å². The molecule has 2 atom stereocenters. The summed E-state index contributed by atoms with van der Waals surface area (Å²) in [7, 11) is 3.42. The van der Waals surface area contributed by atoms with Gasteiger partial charge in [0.15, 0.2) is 0 Å². The first-order chi connectivity index (χ1) is 11.1. The predicted molar refractivity (Wildman–Crippen MR) is 93.8 cm³/mol. The second-order valence-electron chi connectivity index (χ2n) is 6.16. The first-order valence-electron chi connectivity index (χ1n) is 8.33. The lowest BCUT2D eigenvalue weighted by molar-refractivity contribution is 0.141. The van der Waals surface area contributed by atoms with Gasteiger partial charge in [-0.1, -0.05) is 29.9 Å². The van der Waals surface area contributed by atoms with E-state index in [1.807, 2.05) is 18.2 Å². The molecule has 3 nitrogen and oxygen atoms in total. The molecule has 0 saturated carbocycles. The van der Waals surface area contributed by atoms with Crippen molar-refractivity contribution in [2.45, 2.75) is 51.2 Å². The quantitative estimate of drug-likeness (QED) is 0.735. The Morgan fingerprint density at radius 3 is 2.83 bits per heavy atom. The second kappa shape index (κ2) is 8.90. The third-order valence-corrected chi connectivity index (χ3v) is 4.55. The molecule has 1 aromatic carbocycles. The normalized spacial score (nSPS) is 19.6. The van der Waals surface area contributed by atoms with Crippen LogP contribution in [0.15, 0.2) is 47.6 Å². The second-order valence-corrected chi connectivity index (χ2v) is 6.16. The minimum absolute atomic E-state index is 0.0608. The minimum Gasteiger partial charge on any atom is -0.497 e. The van der Waals surface area contributed by atoms with Crippen molar-refractivity contribution in [2.24, 2.45) is 0 Å². The van der Waals surface area contributed by atoms with Gasteiger partial charge >= 0.3 is 0 Å². The Kier molecular flexibility index (Phi) is 6.87. The summed E-state index contributed by atoms with van der Waals surface area (Å²) < 4.78 is 10.8. The maximum atomic E-state index is 9.94. The molecule has 0 aromatic heterocycles. The highest BCUT2D eigenvalue weighted by Gasteiger charge is 2.19. The summed E-state index contributed by atoms with van der Waals surface area (Å²) in [5.41, 5.74) is 3.80. The fourth-order valence-electron chi connectivity index (χ4n) is 3.10. The van der Waals surface area contributed by atoms with Gasteiger partial charge in [0.25, 0.3) is 0 Å². The van der Waals surface area contributed by atoms with Gasteiger partial charge in [0.2, 0.25) is 0 Å². The highest BCUT2D eigenvalue weighted by atomic mass is 16.5. The minimum atomic E-state index is -0.224. The summed E-state index contributed by atoms with van der Waals surface area (Å²) in [6.07, 6.45) is 8.77. The van der Waals surface area contributed by atoms with Crippen molar-refractivity contribution in [3.8, 4) is 5.75 Å². The monoisotopic (exact) mass is 316 g/mol. The molecular formula is C20H28O3. The Balaban J connectivity index is 1.85. The number of hydrogen-bond acceptors (Lipinski definition) is 3. The van der Waals surface area contributed by atoms with E-state index in [1.54, 1.807) is 14.2 Å². The summed E-state index contributed by atoms with van der Waals surface area (Å²) in [6, 6.07) is 8.08. The molecule has 2 rings (SSSR count). The topological polar surface area (TPSA) is 38.7 Å². The van der Waals surface area contributed by atoms with Gasteiger partial charge in [-0.05, 0) is 55.9 Å². The molecule has 0 heterocycles. The number of allylic oxidation sites excluding steroid dienone is 2. The van der Waals surface area contributed by atoms with Crippen LogP contribution in [0.1, 0.15) is 38.2 Å². The number of benzene rings is 1. The van der Waals surface area contributed by atoms with Gasteiger partial charge in [0, 0.05) is 13.5 Å². The van der Waals surface area contributed by atoms with E-state index in [1.165, 1.54) is 16.7 Å². The van der Waals surface area contributed by atoms with E-state index in [2.05, 4.69) is 25.1 Å². The molecule has 126 valence electrons. The van der Waals surface area contributed by atoms with Gasteiger partial charge in [-0.2, -0.15) is 0 Å². The zero-order valence-electron chi connectivity index (χ0n) is 14.4. The highest BCUT2D eigenvalue weighted by molar-refractivity contribution is 5.29. The number of aliphatic hydroxyl groups is 1. The van der Waals surface area contributed by atoms with Gasteiger partial charge in [-0.25, -0.2) is 0 Å². The molecule has 1 aromatic rings. The van der Waals surface area contributed by atoms with Crippen molar-refractivity contribution < 1.29 is 14.6 Å². The molecule has 2 unspecified atom stereocenters. The summed E-state index contributed by atoms with van der Waals surface area (Å²) in [6.45, 7) is 2.13. The van der Waals surface area contributed by atoms with Crippen LogP contribution in [0, 0.1) is 0 Å². The number of rotatable bonds is 8. The average molecular weight is 316 g/mol. The molecule has 1 N–H and O–H groups in total. The standard InChI is InChI=1S/C20H28O3/c1-15-11-12-20(21)19(15)10-5-4-8-17(22-2)13-16-7-6-9-18(14-16)23-3/h4,6-9,14,17,20-21H,5,10-13H2,1-3H3/b8-4+. The lowest BCUT2D eigenvalue weighted by Crippen LogP contribution is -2.10. The van der Waals surface area contributed by atoms with Gasteiger partial charge in [-0.3, -0.25) is 0 Å². The fourth-order valence-corrected chi connectivity index (χ4v) is 3.10. The zero-order chi connectivity index (χ0) is 16.7. The Hall–Kier alpha value is -1.58. The third kappa shape index (κ3) is 5.22. The van der Waals surface area contributed by atoms with Crippen molar-refractivity contribution in [3.05, 3.63) is 53.1 Å². The van der Waals surface area contributed by atoms with E-state index in [0.717, 1.165) is 37.9 Å². The van der Waals surface area contributed by atoms with Crippen LogP contribution in [-0.2, 0) is 11.2 Å². The molecule has 23 heavy (non-hydrogen) atoms. The summed E-state index contributed by atoms with van der Waals surface area (Å²) in [4.78, 5) is 0. The Bertz CT molecular complexity index is 560. The van der Waals surface area contributed by atoms with Crippen molar-refractivity contribution in [3.63, 3.8) is 0 Å². The van der Waals surface area contributed by atoms with Crippen LogP contribution in [0.3, 0.4) is 0 Å². The maximum absolute atomic E-state index is 9.94. The third-order valence-electron chi connectivity index (χ3n) is 4.55. The molecular weight excluding hydrogens is 288 g/mol. The molecule has 0 bridgehead atoms. The lowest BCUT2D eigenvalue weighted by Gasteiger charge is -2.12. The van der Waals surface area contributed by atoms with Crippen LogP contribution in [0.4, 0.5) is 0 Å². The summed E-state index contributed by atoms with van der Waals surface area (Å²) >= 11 is 0. The number of ether oxygens (including phenoxy) is 2. The number of aliphatic hydroxyl groups excluding tert-OH is 1. The Labute approximate surface area is 139 Å². The largest absolute Gasteiger partial charge is 0.497 e. The maximum Gasteiger partial charge on any atom is 0.119 e. The summed E-state index contributed by atoms with van der Waals surface area (Å²) in [5.74, 6) is 0.874. The first-order valence-corrected chi connectivity index (χ1v) is 8.33. The van der Waals surface area contributed by atoms with Crippen LogP contribution >= 0.6 is 0 Å². The van der Waals surface area contributed by atoms with E-state index in [4.69, 9.17) is 9.47 Å². The zero-order valence-corrected chi connectivity index (χ0v) is 14.4. The van der Waals surface area contributed by atoms with Crippen molar-refractivity contribution in [1.29, 1.82) is 0 Å². The van der Waals surface area contributed by atoms with Crippen molar-refractivity contribution in [1.82, 2.24) is 0 Å². The fraction of sp³-hybridized carbons (Fsp3) is 0.500. The van der Waals surface area contributed by atoms with E-state index >= 15 is 0 Å². The molecule has 0 radical (unpaired) electrons.